The van der Waals surface area contributed by atoms with Crippen molar-refractivity contribution in [3.05, 3.63) is 77.6 Å². The highest BCUT2D eigenvalue weighted by Crippen LogP contribution is 2.28. The van der Waals surface area contributed by atoms with E-state index in [9.17, 15) is 4.79 Å². The number of rotatable bonds is 7. The normalized spacial score (nSPS) is 16.4. The van der Waals surface area contributed by atoms with Gasteiger partial charge in [-0.15, -0.1) is 0 Å². The molecule has 1 unspecified atom stereocenters. The van der Waals surface area contributed by atoms with Gasteiger partial charge in [0.15, 0.2) is 5.82 Å². The Kier molecular flexibility index (Phi) is 5.39. The summed E-state index contributed by atoms with van der Waals surface area (Å²) in [6.07, 6.45) is 3.08. The minimum Gasteiger partial charge on any atom is -0.491 e. The number of aromatic nitrogens is 3. The van der Waals surface area contributed by atoms with Crippen LogP contribution in [0.5, 0.6) is 5.75 Å². The molecule has 0 saturated carbocycles. The van der Waals surface area contributed by atoms with E-state index in [4.69, 9.17) is 9.26 Å². The number of hydrogen-bond acceptors (Lipinski definition) is 5. The Morgan fingerprint density at radius 2 is 2.00 bits per heavy atom. The number of hydrogen-bond donors (Lipinski definition) is 1. The molecule has 32 heavy (non-hydrogen) atoms. The van der Waals surface area contributed by atoms with Crippen LogP contribution in [0.1, 0.15) is 49.0 Å². The number of fused-ring (bicyclic) bond motifs is 1. The van der Waals surface area contributed by atoms with Crippen LogP contribution in [0.2, 0.25) is 0 Å². The van der Waals surface area contributed by atoms with E-state index in [1.165, 1.54) is 0 Å². The summed E-state index contributed by atoms with van der Waals surface area (Å²) in [7, 11) is 0. The predicted molar refractivity (Wildman–Crippen MR) is 120 cm³/mol. The van der Waals surface area contributed by atoms with Gasteiger partial charge in [-0.1, -0.05) is 35.5 Å². The lowest BCUT2D eigenvalue weighted by molar-refractivity contribution is -0.128. The summed E-state index contributed by atoms with van der Waals surface area (Å²) < 4.78 is 11.2. The first-order valence-corrected chi connectivity index (χ1v) is 11.0. The second-order valence-corrected chi connectivity index (χ2v) is 8.57. The van der Waals surface area contributed by atoms with Gasteiger partial charge in [-0.2, -0.15) is 4.98 Å². The summed E-state index contributed by atoms with van der Waals surface area (Å²) >= 11 is 0. The Balaban J connectivity index is 1.23. The fourth-order valence-electron chi connectivity index (χ4n) is 4.21. The Bertz CT molecular complexity index is 1230. The van der Waals surface area contributed by atoms with Crippen LogP contribution in [-0.4, -0.2) is 38.6 Å². The van der Waals surface area contributed by atoms with E-state index >= 15 is 0 Å². The SMILES string of the molecule is CC(C)Oc1ccc(CN2CC(c3noc(Cc4c[nH]c5ccccc45)n3)CC2=O)cc1. The Labute approximate surface area is 186 Å². The molecule has 0 aliphatic carbocycles. The highest BCUT2D eigenvalue weighted by molar-refractivity contribution is 5.83. The molecule has 2 aromatic carbocycles. The molecule has 1 saturated heterocycles. The van der Waals surface area contributed by atoms with Crippen molar-refractivity contribution in [3.8, 4) is 5.75 Å². The summed E-state index contributed by atoms with van der Waals surface area (Å²) in [5.41, 5.74) is 3.27. The van der Waals surface area contributed by atoms with Crippen molar-refractivity contribution in [1.29, 1.82) is 0 Å². The zero-order valence-corrected chi connectivity index (χ0v) is 18.2. The number of H-pyrrole nitrogens is 1. The topological polar surface area (TPSA) is 84.2 Å². The average Bonchev–Trinajstić information content (AvgIpc) is 3.49. The third kappa shape index (κ3) is 4.23. The number of nitrogens with one attached hydrogen (secondary N) is 1. The number of ether oxygens (including phenoxy) is 1. The van der Waals surface area contributed by atoms with Gasteiger partial charge in [0.05, 0.1) is 12.5 Å². The van der Waals surface area contributed by atoms with E-state index in [1.807, 2.05) is 67.4 Å². The molecule has 1 fully saturated rings. The van der Waals surface area contributed by atoms with Crippen LogP contribution in [0.25, 0.3) is 10.9 Å². The molecule has 2 aromatic heterocycles. The molecule has 0 spiro atoms. The lowest BCUT2D eigenvalue weighted by Gasteiger charge is -2.17. The van der Waals surface area contributed by atoms with Crippen LogP contribution in [0.3, 0.4) is 0 Å². The van der Waals surface area contributed by atoms with Gasteiger partial charge in [0.2, 0.25) is 11.8 Å². The Hall–Kier alpha value is -3.61. The molecule has 5 rings (SSSR count). The van der Waals surface area contributed by atoms with Crippen LogP contribution < -0.4 is 4.74 Å². The molecule has 0 bridgehead atoms. The fourth-order valence-corrected chi connectivity index (χ4v) is 4.21. The van der Waals surface area contributed by atoms with Crippen LogP contribution in [0, 0.1) is 0 Å². The fraction of sp³-hybridized carbons (Fsp3) is 0.320. The maximum absolute atomic E-state index is 12.6. The van der Waals surface area contributed by atoms with Crippen LogP contribution in [0.15, 0.2) is 59.3 Å². The van der Waals surface area contributed by atoms with E-state index in [-0.39, 0.29) is 17.9 Å². The summed E-state index contributed by atoms with van der Waals surface area (Å²) in [6, 6.07) is 16.0. The van der Waals surface area contributed by atoms with Gasteiger partial charge in [-0.05, 0) is 43.2 Å². The largest absolute Gasteiger partial charge is 0.491 e. The minimum atomic E-state index is -0.0495. The number of benzene rings is 2. The lowest BCUT2D eigenvalue weighted by atomic mass is 10.1. The second-order valence-electron chi connectivity index (χ2n) is 8.57. The van der Waals surface area contributed by atoms with Crippen molar-refractivity contribution < 1.29 is 14.1 Å². The molecule has 3 heterocycles. The van der Waals surface area contributed by atoms with Crippen LogP contribution in [0.4, 0.5) is 0 Å². The Morgan fingerprint density at radius 3 is 2.81 bits per heavy atom. The van der Waals surface area contributed by atoms with Crippen molar-refractivity contribution in [2.75, 3.05) is 6.54 Å². The number of carbonyl (C=O) groups is 1. The van der Waals surface area contributed by atoms with Crippen molar-refractivity contribution in [2.24, 2.45) is 0 Å². The number of amides is 1. The highest BCUT2D eigenvalue weighted by atomic mass is 16.5. The van der Waals surface area contributed by atoms with E-state index in [1.54, 1.807) is 0 Å². The number of carbonyl (C=O) groups excluding carboxylic acids is 1. The van der Waals surface area contributed by atoms with Gasteiger partial charge in [0, 0.05) is 42.5 Å². The number of aromatic amines is 1. The van der Waals surface area contributed by atoms with E-state index in [2.05, 4.69) is 21.2 Å². The average molecular weight is 431 g/mol. The summed E-state index contributed by atoms with van der Waals surface area (Å²) in [5, 5.41) is 5.33. The molecule has 1 atom stereocenters. The highest BCUT2D eigenvalue weighted by Gasteiger charge is 2.33. The molecule has 4 aromatic rings. The molecule has 1 aliphatic rings. The zero-order chi connectivity index (χ0) is 22.1. The number of likely N-dealkylation sites (tertiary alicyclic amines) is 1. The summed E-state index contributed by atoms with van der Waals surface area (Å²) in [4.78, 5) is 22.3. The second kappa shape index (κ2) is 8.49. The molecule has 1 N–H and O–H groups in total. The quantitative estimate of drug-likeness (QED) is 0.468. The molecule has 7 heteroatoms. The molecule has 0 radical (unpaired) electrons. The maximum atomic E-state index is 12.6. The van der Waals surface area contributed by atoms with Gasteiger partial charge < -0.3 is 19.1 Å². The van der Waals surface area contributed by atoms with Gasteiger partial charge in [-0.3, -0.25) is 4.79 Å². The van der Waals surface area contributed by atoms with Crippen molar-refractivity contribution in [2.45, 2.75) is 45.3 Å². The van der Waals surface area contributed by atoms with Gasteiger partial charge in [-0.25, -0.2) is 0 Å². The van der Waals surface area contributed by atoms with Gasteiger partial charge in [0.1, 0.15) is 5.75 Å². The van der Waals surface area contributed by atoms with Crippen LogP contribution in [-0.2, 0) is 17.8 Å². The Morgan fingerprint density at radius 1 is 1.19 bits per heavy atom. The minimum absolute atomic E-state index is 0.0495. The summed E-state index contributed by atoms with van der Waals surface area (Å²) in [5.74, 6) is 2.07. The third-order valence-corrected chi connectivity index (χ3v) is 5.75. The zero-order valence-electron chi connectivity index (χ0n) is 18.2. The molecule has 164 valence electrons. The number of para-hydroxylation sites is 1. The van der Waals surface area contributed by atoms with E-state index in [0.717, 1.165) is 27.8 Å². The molecule has 1 amide bonds. The first-order valence-electron chi connectivity index (χ1n) is 11.0. The molecular formula is C25H26N4O3. The number of nitrogens with zero attached hydrogens (tertiary/aromatic N) is 3. The monoisotopic (exact) mass is 430 g/mol. The van der Waals surface area contributed by atoms with E-state index in [0.29, 0.717) is 37.6 Å². The smallest absolute Gasteiger partial charge is 0.231 e. The van der Waals surface area contributed by atoms with Gasteiger partial charge in [0.25, 0.3) is 0 Å². The maximum Gasteiger partial charge on any atom is 0.231 e. The summed E-state index contributed by atoms with van der Waals surface area (Å²) in [6.45, 7) is 5.16. The predicted octanol–water partition coefficient (Wildman–Crippen LogP) is 4.45. The van der Waals surface area contributed by atoms with E-state index < -0.39 is 0 Å². The first kappa shape index (κ1) is 20.3. The van der Waals surface area contributed by atoms with Gasteiger partial charge >= 0.3 is 0 Å². The molecular weight excluding hydrogens is 404 g/mol. The standard InChI is InChI=1S/C25H26N4O3/c1-16(2)31-20-9-7-17(8-10-20)14-29-15-19(12-24(29)30)25-27-23(32-28-25)11-18-13-26-22-6-4-3-5-21(18)22/h3-10,13,16,19,26H,11-12,14-15H2,1-2H3. The van der Waals surface area contributed by atoms with Crippen LogP contribution >= 0.6 is 0 Å². The van der Waals surface area contributed by atoms with Crippen molar-refractivity contribution in [1.82, 2.24) is 20.0 Å². The van der Waals surface area contributed by atoms with Crippen molar-refractivity contribution >= 4 is 16.8 Å². The molecule has 1 aliphatic heterocycles. The first-order chi connectivity index (χ1) is 15.5. The lowest BCUT2D eigenvalue weighted by Crippen LogP contribution is -2.24. The third-order valence-electron chi connectivity index (χ3n) is 5.75. The van der Waals surface area contributed by atoms with Crippen molar-refractivity contribution in [3.63, 3.8) is 0 Å². The molecule has 7 nitrogen and oxygen atoms in total.